The van der Waals surface area contributed by atoms with E-state index in [4.69, 9.17) is 17.3 Å². The average Bonchev–Trinajstić information content (AvgIpc) is 3.17. The van der Waals surface area contributed by atoms with Crippen LogP contribution < -0.4 is 21.3 Å². The number of nitrogens with one attached hydrogen (secondary N) is 2. The standard InChI is InChI=1S/C19H28ClN5O3/c1-12-14(20)3-2-4-16(12)24-5-7-25(8-6-24)19(28)15-9-13(11-22-15)23-18(27)17(26)10-21/h2-4,13,15,17,22,26H,5-11,21H2,1H3,(H,23,27)/t13-,15+,17?/m0/s1. The molecular weight excluding hydrogens is 382 g/mol. The predicted octanol–water partition coefficient (Wildman–Crippen LogP) is -0.537. The zero-order valence-corrected chi connectivity index (χ0v) is 16.8. The largest absolute Gasteiger partial charge is 0.382 e. The summed E-state index contributed by atoms with van der Waals surface area (Å²) in [7, 11) is 0. The molecule has 3 atom stereocenters. The maximum atomic E-state index is 12.8. The number of aliphatic hydroxyl groups is 1. The van der Waals surface area contributed by atoms with Gasteiger partial charge in [-0.2, -0.15) is 0 Å². The van der Waals surface area contributed by atoms with Gasteiger partial charge in [-0.25, -0.2) is 0 Å². The van der Waals surface area contributed by atoms with Crippen LogP contribution in [0.25, 0.3) is 0 Å². The summed E-state index contributed by atoms with van der Waals surface area (Å²) in [5, 5.41) is 16.1. The number of amides is 2. The molecule has 2 aliphatic rings. The molecule has 9 heteroatoms. The summed E-state index contributed by atoms with van der Waals surface area (Å²) in [6.07, 6.45) is -0.701. The third-order valence-electron chi connectivity index (χ3n) is 5.47. The molecule has 2 heterocycles. The second kappa shape index (κ2) is 9.09. The van der Waals surface area contributed by atoms with Gasteiger partial charge in [0.15, 0.2) is 0 Å². The van der Waals surface area contributed by atoms with Gasteiger partial charge in [0.1, 0.15) is 6.10 Å². The van der Waals surface area contributed by atoms with E-state index in [1.54, 1.807) is 0 Å². The van der Waals surface area contributed by atoms with Crippen LogP contribution in [0, 0.1) is 6.92 Å². The number of rotatable bonds is 5. The number of nitrogens with two attached hydrogens (primary N) is 1. The van der Waals surface area contributed by atoms with Crippen molar-refractivity contribution in [3.8, 4) is 0 Å². The minimum atomic E-state index is -1.21. The number of benzene rings is 1. The number of anilines is 1. The van der Waals surface area contributed by atoms with Gasteiger partial charge in [0.05, 0.1) is 6.04 Å². The lowest BCUT2D eigenvalue weighted by Gasteiger charge is -2.38. The van der Waals surface area contributed by atoms with Crippen LogP contribution in [0.2, 0.25) is 5.02 Å². The van der Waals surface area contributed by atoms with Gasteiger partial charge in [0.2, 0.25) is 11.8 Å². The number of nitrogens with zero attached hydrogens (tertiary/aromatic N) is 2. The molecule has 0 radical (unpaired) electrons. The maximum absolute atomic E-state index is 12.8. The molecule has 5 N–H and O–H groups in total. The van der Waals surface area contributed by atoms with Crippen molar-refractivity contribution >= 4 is 29.1 Å². The lowest BCUT2D eigenvalue weighted by atomic mass is 10.1. The first-order valence-electron chi connectivity index (χ1n) is 9.61. The fourth-order valence-electron chi connectivity index (χ4n) is 3.76. The van der Waals surface area contributed by atoms with Gasteiger partial charge in [0, 0.05) is 56.0 Å². The molecule has 1 unspecified atom stereocenters. The van der Waals surface area contributed by atoms with Crippen molar-refractivity contribution in [3.05, 3.63) is 28.8 Å². The summed E-state index contributed by atoms with van der Waals surface area (Å²) in [6, 6.07) is 5.38. The van der Waals surface area contributed by atoms with Crippen molar-refractivity contribution in [2.24, 2.45) is 5.73 Å². The molecule has 0 aromatic heterocycles. The summed E-state index contributed by atoms with van der Waals surface area (Å²) >= 11 is 6.22. The molecule has 0 saturated carbocycles. The van der Waals surface area contributed by atoms with E-state index in [9.17, 15) is 14.7 Å². The summed E-state index contributed by atoms with van der Waals surface area (Å²) in [4.78, 5) is 28.7. The Kier molecular flexibility index (Phi) is 6.77. The van der Waals surface area contributed by atoms with Crippen LogP contribution >= 0.6 is 11.6 Å². The molecule has 2 fully saturated rings. The number of piperazine rings is 1. The van der Waals surface area contributed by atoms with Crippen LogP contribution in [0.1, 0.15) is 12.0 Å². The molecule has 2 aliphatic heterocycles. The molecule has 3 rings (SSSR count). The van der Waals surface area contributed by atoms with Gasteiger partial charge in [-0.3, -0.25) is 9.59 Å². The highest BCUT2D eigenvalue weighted by Gasteiger charge is 2.34. The van der Waals surface area contributed by atoms with Gasteiger partial charge >= 0.3 is 0 Å². The summed E-state index contributed by atoms with van der Waals surface area (Å²) < 4.78 is 0. The summed E-state index contributed by atoms with van der Waals surface area (Å²) in [5.74, 6) is -0.438. The number of halogens is 1. The van der Waals surface area contributed by atoms with Crippen molar-refractivity contribution in [2.45, 2.75) is 31.5 Å². The normalized spacial score (nSPS) is 23.6. The van der Waals surface area contributed by atoms with Crippen LogP contribution in [-0.4, -0.2) is 79.3 Å². The Hall–Kier alpha value is -1.87. The van der Waals surface area contributed by atoms with Crippen LogP contribution in [0.5, 0.6) is 0 Å². The van der Waals surface area contributed by atoms with E-state index in [-0.39, 0.29) is 24.5 Å². The SMILES string of the molecule is Cc1c(Cl)cccc1N1CCN(C(=O)[C@H]2C[C@H](NC(=O)C(O)CN)CN2)CC1. The van der Waals surface area contributed by atoms with Crippen molar-refractivity contribution in [1.29, 1.82) is 0 Å². The van der Waals surface area contributed by atoms with Gasteiger partial charge < -0.3 is 31.3 Å². The Labute approximate surface area is 170 Å². The number of aliphatic hydroxyl groups excluding tert-OH is 1. The fraction of sp³-hybridized carbons (Fsp3) is 0.579. The average molecular weight is 410 g/mol. The lowest BCUT2D eigenvalue weighted by Crippen LogP contribution is -2.53. The van der Waals surface area contributed by atoms with Crippen LogP contribution in [0.3, 0.4) is 0 Å². The summed E-state index contributed by atoms with van der Waals surface area (Å²) in [5.41, 5.74) is 7.46. The van der Waals surface area contributed by atoms with E-state index in [2.05, 4.69) is 21.6 Å². The molecule has 0 bridgehead atoms. The van der Waals surface area contributed by atoms with Gasteiger partial charge in [-0.15, -0.1) is 0 Å². The smallest absolute Gasteiger partial charge is 0.250 e. The van der Waals surface area contributed by atoms with E-state index in [1.807, 2.05) is 24.0 Å². The van der Waals surface area contributed by atoms with E-state index < -0.39 is 12.0 Å². The quantitative estimate of drug-likeness (QED) is 0.520. The van der Waals surface area contributed by atoms with Gasteiger partial charge in [-0.1, -0.05) is 17.7 Å². The third kappa shape index (κ3) is 4.57. The lowest BCUT2D eigenvalue weighted by molar-refractivity contribution is -0.133. The Balaban J connectivity index is 1.50. The minimum Gasteiger partial charge on any atom is -0.382 e. The summed E-state index contributed by atoms with van der Waals surface area (Å²) in [6.45, 7) is 5.18. The van der Waals surface area contributed by atoms with Crippen LogP contribution in [0.15, 0.2) is 18.2 Å². The van der Waals surface area contributed by atoms with E-state index in [0.717, 1.165) is 29.4 Å². The monoisotopic (exact) mass is 409 g/mol. The van der Waals surface area contributed by atoms with Crippen molar-refractivity contribution < 1.29 is 14.7 Å². The van der Waals surface area contributed by atoms with Crippen molar-refractivity contribution in [2.75, 3.05) is 44.2 Å². The molecule has 1 aromatic rings. The highest BCUT2D eigenvalue weighted by Crippen LogP contribution is 2.27. The molecule has 28 heavy (non-hydrogen) atoms. The number of hydrogen-bond donors (Lipinski definition) is 4. The highest BCUT2D eigenvalue weighted by atomic mass is 35.5. The molecule has 2 saturated heterocycles. The molecule has 154 valence electrons. The first-order valence-corrected chi connectivity index (χ1v) is 9.99. The molecule has 0 aliphatic carbocycles. The van der Waals surface area contributed by atoms with Crippen LogP contribution in [-0.2, 0) is 9.59 Å². The number of hydrogen-bond acceptors (Lipinski definition) is 6. The first-order chi connectivity index (χ1) is 13.4. The van der Waals surface area contributed by atoms with Crippen molar-refractivity contribution in [3.63, 3.8) is 0 Å². The molecule has 8 nitrogen and oxygen atoms in total. The Morgan fingerprint density at radius 1 is 1.36 bits per heavy atom. The van der Waals surface area contributed by atoms with Gasteiger partial charge in [0.25, 0.3) is 0 Å². The van der Waals surface area contributed by atoms with E-state index >= 15 is 0 Å². The number of carbonyl (C=O) groups excluding carboxylic acids is 2. The molecular formula is C19H28ClN5O3. The number of carbonyl (C=O) groups is 2. The molecule has 2 amide bonds. The topological polar surface area (TPSA) is 111 Å². The zero-order chi connectivity index (χ0) is 20.3. The minimum absolute atomic E-state index is 0.0542. The fourth-order valence-corrected chi connectivity index (χ4v) is 3.93. The third-order valence-corrected chi connectivity index (χ3v) is 5.88. The predicted molar refractivity (Wildman–Crippen MR) is 108 cm³/mol. The Morgan fingerprint density at radius 2 is 2.07 bits per heavy atom. The van der Waals surface area contributed by atoms with Crippen molar-refractivity contribution in [1.82, 2.24) is 15.5 Å². The van der Waals surface area contributed by atoms with Crippen LogP contribution in [0.4, 0.5) is 5.69 Å². The van der Waals surface area contributed by atoms with Gasteiger partial charge in [-0.05, 0) is 31.0 Å². The Bertz CT molecular complexity index is 724. The zero-order valence-electron chi connectivity index (χ0n) is 16.0. The first kappa shape index (κ1) is 20.9. The highest BCUT2D eigenvalue weighted by molar-refractivity contribution is 6.31. The Morgan fingerprint density at radius 3 is 2.75 bits per heavy atom. The molecule has 1 aromatic carbocycles. The second-order valence-corrected chi connectivity index (χ2v) is 7.76. The van der Waals surface area contributed by atoms with E-state index in [1.165, 1.54) is 0 Å². The molecule has 0 spiro atoms. The maximum Gasteiger partial charge on any atom is 0.250 e. The second-order valence-electron chi connectivity index (χ2n) is 7.35. The van der Waals surface area contributed by atoms with E-state index in [0.29, 0.717) is 26.1 Å².